The van der Waals surface area contributed by atoms with Gasteiger partial charge < -0.3 is 0 Å². The van der Waals surface area contributed by atoms with Crippen LogP contribution in [0, 0.1) is 35.2 Å². The fourth-order valence-electron chi connectivity index (χ4n) is 5.24. The van der Waals surface area contributed by atoms with Crippen LogP contribution in [0.4, 0.5) is 13.2 Å². The zero-order valence-corrected chi connectivity index (χ0v) is 16.1. The van der Waals surface area contributed by atoms with Crippen molar-refractivity contribution < 1.29 is 13.2 Å². The minimum absolute atomic E-state index is 0.418. The highest BCUT2D eigenvalue weighted by Gasteiger charge is 2.32. The zero-order chi connectivity index (χ0) is 18.5. The number of hydrogen-bond donors (Lipinski definition) is 0. The zero-order valence-electron chi connectivity index (χ0n) is 16.1. The van der Waals surface area contributed by atoms with Crippen molar-refractivity contribution in [2.75, 3.05) is 0 Å². The van der Waals surface area contributed by atoms with Gasteiger partial charge >= 0.3 is 0 Å². The van der Waals surface area contributed by atoms with Crippen molar-refractivity contribution >= 4 is 0 Å². The second-order valence-corrected chi connectivity index (χ2v) is 8.61. The van der Waals surface area contributed by atoms with E-state index in [0.717, 1.165) is 18.8 Å². The first-order valence-corrected chi connectivity index (χ1v) is 10.7. The normalized spacial score (nSPS) is 25.9. The molecule has 0 aliphatic heterocycles. The molecule has 3 heteroatoms. The predicted molar refractivity (Wildman–Crippen MR) is 101 cm³/mol. The largest absolute Gasteiger partial charge is 0.204 e. The maximum Gasteiger partial charge on any atom is 0.194 e. The molecule has 0 heterocycles. The SMILES string of the molecule is CCCCCCCC1CCC(C2CCc3c(cc(F)c(F)c3F)C2)CC1. The van der Waals surface area contributed by atoms with Crippen LogP contribution in [0.25, 0.3) is 0 Å². The number of hydrogen-bond acceptors (Lipinski definition) is 0. The fourth-order valence-corrected chi connectivity index (χ4v) is 5.24. The van der Waals surface area contributed by atoms with Gasteiger partial charge in [0.15, 0.2) is 17.5 Å². The van der Waals surface area contributed by atoms with E-state index in [1.807, 2.05) is 0 Å². The average Bonchev–Trinajstić information content (AvgIpc) is 2.66. The summed E-state index contributed by atoms with van der Waals surface area (Å²) >= 11 is 0. The molecule has 1 saturated carbocycles. The molecule has 0 N–H and O–H groups in total. The molecule has 1 unspecified atom stereocenters. The van der Waals surface area contributed by atoms with E-state index >= 15 is 0 Å². The Morgan fingerprint density at radius 2 is 1.58 bits per heavy atom. The fraction of sp³-hybridized carbons (Fsp3) is 0.739. The Kier molecular flexibility index (Phi) is 7.05. The number of rotatable bonds is 7. The third-order valence-corrected chi connectivity index (χ3v) is 6.88. The van der Waals surface area contributed by atoms with E-state index in [4.69, 9.17) is 0 Å². The third kappa shape index (κ3) is 4.64. The first-order valence-electron chi connectivity index (χ1n) is 10.7. The molecule has 0 aromatic heterocycles. The van der Waals surface area contributed by atoms with Gasteiger partial charge in [-0.3, -0.25) is 0 Å². The van der Waals surface area contributed by atoms with Gasteiger partial charge in [0, 0.05) is 0 Å². The monoisotopic (exact) mass is 366 g/mol. The summed E-state index contributed by atoms with van der Waals surface area (Å²) in [6.07, 6.45) is 15.5. The molecule has 1 fully saturated rings. The van der Waals surface area contributed by atoms with Gasteiger partial charge in [-0.15, -0.1) is 0 Å². The smallest absolute Gasteiger partial charge is 0.194 e. The Labute approximate surface area is 156 Å². The minimum Gasteiger partial charge on any atom is -0.204 e. The Morgan fingerprint density at radius 1 is 0.846 bits per heavy atom. The Balaban J connectivity index is 1.47. The highest BCUT2D eigenvalue weighted by atomic mass is 19.2. The van der Waals surface area contributed by atoms with Crippen LogP contribution in [-0.4, -0.2) is 0 Å². The van der Waals surface area contributed by atoms with Gasteiger partial charge in [0.1, 0.15) is 0 Å². The lowest BCUT2D eigenvalue weighted by molar-refractivity contribution is 0.181. The van der Waals surface area contributed by atoms with Crippen LogP contribution < -0.4 is 0 Å². The molecule has 146 valence electrons. The maximum absolute atomic E-state index is 13.9. The molecule has 0 amide bonds. The molecule has 0 bridgehead atoms. The second kappa shape index (κ2) is 9.28. The molecule has 3 rings (SSSR count). The Bertz CT molecular complexity index is 588. The van der Waals surface area contributed by atoms with E-state index in [9.17, 15) is 13.2 Å². The Hall–Kier alpha value is -0.990. The molecular formula is C23H33F3. The molecule has 0 spiro atoms. The summed E-state index contributed by atoms with van der Waals surface area (Å²) in [4.78, 5) is 0. The molecule has 2 aliphatic carbocycles. The van der Waals surface area contributed by atoms with Crippen LogP contribution in [0.5, 0.6) is 0 Å². The van der Waals surface area contributed by atoms with Crippen LogP contribution in [0.15, 0.2) is 6.07 Å². The lowest BCUT2D eigenvalue weighted by Gasteiger charge is -2.36. The van der Waals surface area contributed by atoms with Crippen molar-refractivity contribution in [3.8, 4) is 0 Å². The van der Waals surface area contributed by atoms with Crippen LogP contribution in [0.3, 0.4) is 0 Å². The summed E-state index contributed by atoms with van der Waals surface area (Å²) < 4.78 is 40.9. The minimum atomic E-state index is -1.30. The van der Waals surface area contributed by atoms with E-state index in [1.54, 1.807) is 0 Å². The van der Waals surface area contributed by atoms with Gasteiger partial charge in [-0.05, 0) is 67.1 Å². The van der Waals surface area contributed by atoms with E-state index in [1.165, 1.54) is 70.3 Å². The summed E-state index contributed by atoms with van der Waals surface area (Å²) in [6, 6.07) is 1.24. The van der Waals surface area contributed by atoms with E-state index in [2.05, 4.69) is 6.92 Å². The number of unbranched alkanes of at least 4 members (excludes halogenated alkanes) is 4. The van der Waals surface area contributed by atoms with Gasteiger partial charge in [0.05, 0.1) is 0 Å². The number of benzene rings is 1. The average molecular weight is 367 g/mol. The predicted octanol–water partition coefficient (Wildman–Crippen LogP) is 7.38. The van der Waals surface area contributed by atoms with Crippen molar-refractivity contribution in [1.29, 1.82) is 0 Å². The first-order chi connectivity index (χ1) is 12.6. The van der Waals surface area contributed by atoms with Crippen molar-refractivity contribution in [1.82, 2.24) is 0 Å². The highest BCUT2D eigenvalue weighted by molar-refractivity contribution is 5.33. The summed E-state index contributed by atoms with van der Waals surface area (Å²) in [5.41, 5.74) is 1.12. The van der Waals surface area contributed by atoms with Crippen molar-refractivity contribution in [3.63, 3.8) is 0 Å². The Morgan fingerprint density at radius 3 is 2.31 bits per heavy atom. The maximum atomic E-state index is 13.9. The van der Waals surface area contributed by atoms with Gasteiger partial charge in [-0.25, -0.2) is 13.2 Å². The quantitative estimate of drug-likeness (QED) is 0.349. The van der Waals surface area contributed by atoms with Crippen molar-refractivity contribution in [3.05, 3.63) is 34.6 Å². The van der Waals surface area contributed by atoms with Gasteiger partial charge in [-0.2, -0.15) is 0 Å². The summed E-state index contributed by atoms with van der Waals surface area (Å²) in [5.74, 6) is -1.22. The molecule has 0 saturated heterocycles. The lowest BCUT2D eigenvalue weighted by Crippen LogP contribution is -2.27. The highest BCUT2D eigenvalue weighted by Crippen LogP contribution is 2.41. The molecule has 0 radical (unpaired) electrons. The number of fused-ring (bicyclic) bond motifs is 1. The van der Waals surface area contributed by atoms with Crippen LogP contribution in [-0.2, 0) is 12.8 Å². The second-order valence-electron chi connectivity index (χ2n) is 8.61. The molecule has 0 nitrogen and oxygen atoms in total. The van der Waals surface area contributed by atoms with Crippen LogP contribution in [0.1, 0.15) is 88.7 Å². The van der Waals surface area contributed by atoms with Crippen LogP contribution in [0.2, 0.25) is 0 Å². The molecular weight excluding hydrogens is 333 g/mol. The van der Waals surface area contributed by atoms with Gasteiger partial charge in [0.2, 0.25) is 0 Å². The first kappa shape index (κ1) is 19.8. The molecule has 1 aromatic rings. The molecule has 26 heavy (non-hydrogen) atoms. The topological polar surface area (TPSA) is 0 Å². The van der Waals surface area contributed by atoms with E-state index in [0.29, 0.717) is 29.4 Å². The van der Waals surface area contributed by atoms with Gasteiger partial charge in [0.25, 0.3) is 0 Å². The van der Waals surface area contributed by atoms with E-state index in [-0.39, 0.29) is 0 Å². The number of halogens is 3. The van der Waals surface area contributed by atoms with Gasteiger partial charge in [-0.1, -0.05) is 58.3 Å². The summed E-state index contributed by atoms with van der Waals surface area (Å²) in [7, 11) is 0. The molecule has 2 aliphatic rings. The van der Waals surface area contributed by atoms with Crippen molar-refractivity contribution in [2.45, 2.75) is 90.4 Å². The lowest BCUT2D eigenvalue weighted by atomic mass is 9.69. The molecule has 1 aromatic carbocycles. The van der Waals surface area contributed by atoms with E-state index < -0.39 is 17.5 Å². The standard InChI is InChI=1S/C23H33F3/c1-2-3-4-5-6-7-16-8-10-17(11-9-16)18-12-13-20-19(14-18)15-21(24)23(26)22(20)25/h15-18H,2-14H2,1H3. The molecule has 1 atom stereocenters. The van der Waals surface area contributed by atoms with Crippen LogP contribution >= 0.6 is 0 Å². The summed E-state index contributed by atoms with van der Waals surface area (Å²) in [6.45, 7) is 2.25. The van der Waals surface area contributed by atoms with Crippen molar-refractivity contribution in [2.24, 2.45) is 17.8 Å². The third-order valence-electron chi connectivity index (χ3n) is 6.88. The summed E-state index contributed by atoms with van der Waals surface area (Å²) in [5, 5.41) is 0.